The third-order valence-electron chi connectivity index (χ3n) is 9.03. The fourth-order valence-electron chi connectivity index (χ4n) is 6.89. The molecule has 8 heteroatoms. The molecule has 2 aliphatic rings. The van der Waals surface area contributed by atoms with Crippen molar-refractivity contribution in [3.63, 3.8) is 0 Å². The van der Waals surface area contributed by atoms with Gasteiger partial charge in [0.2, 0.25) is 0 Å². The zero-order valence-corrected chi connectivity index (χ0v) is 25.3. The van der Waals surface area contributed by atoms with Crippen molar-refractivity contribution in [3.8, 4) is 5.75 Å². The van der Waals surface area contributed by atoms with E-state index in [9.17, 15) is 0 Å². The van der Waals surface area contributed by atoms with Gasteiger partial charge in [-0.15, -0.1) is 0 Å². The van der Waals surface area contributed by atoms with Gasteiger partial charge in [-0.25, -0.2) is 15.0 Å². The number of nitrogens with one attached hydrogen (secondary N) is 1. The Bertz CT molecular complexity index is 1750. The molecule has 0 spiro atoms. The summed E-state index contributed by atoms with van der Waals surface area (Å²) in [4.78, 5) is 14.1. The molecule has 0 unspecified atom stereocenters. The maximum Gasteiger partial charge on any atom is 0.163 e. The van der Waals surface area contributed by atoms with Crippen molar-refractivity contribution in [3.05, 3.63) is 90.0 Å². The largest absolute Gasteiger partial charge is 0.497 e. The van der Waals surface area contributed by atoms with Crippen molar-refractivity contribution in [1.29, 1.82) is 0 Å². The van der Waals surface area contributed by atoms with Crippen LogP contribution < -0.4 is 10.1 Å². The second-order valence-electron chi connectivity index (χ2n) is 12.2. The van der Waals surface area contributed by atoms with Gasteiger partial charge in [0, 0.05) is 23.5 Å². The number of benzene rings is 2. The molecule has 4 atom stereocenters. The zero-order valence-electron chi connectivity index (χ0n) is 25.3. The van der Waals surface area contributed by atoms with E-state index in [2.05, 4.69) is 75.4 Å². The summed E-state index contributed by atoms with van der Waals surface area (Å²) in [6.07, 6.45) is 7.75. The van der Waals surface area contributed by atoms with E-state index >= 15 is 0 Å². The van der Waals surface area contributed by atoms with E-state index in [4.69, 9.17) is 19.2 Å². The highest BCUT2D eigenvalue weighted by molar-refractivity contribution is 5.81. The lowest BCUT2D eigenvalue weighted by Crippen LogP contribution is -2.27. The third-order valence-corrected chi connectivity index (χ3v) is 9.03. The first kappa shape index (κ1) is 27.8. The minimum absolute atomic E-state index is 0.00625. The minimum Gasteiger partial charge on any atom is -0.497 e. The highest BCUT2D eigenvalue weighted by Gasteiger charge is 2.54. The Hall–Kier alpha value is -4.01. The van der Waals surface area contributed by atoms with Crippen LogP contribution in [0, 0.1) is 5.92 Å². The van der Waals surface area contributed by atoms with Crippen LogP contribution in [-0.2, 0) is 28.9 Å². The van der Waals surface area contributed by atoms with E-state index < -0.39 is 5.79 Å². The molecule has 3 aromatic heterocycles. The van der Waals surface area contributed by atoms with Crippen LogP contribution in [0.5, 0.6) is 5.75 Å². The molecular weight excluding hydrogens is 538 g/mol. The average molecular weight is 578 g/mol. The maximum atomic E-state index is 6.53. The van der Waals surface area contributed by atoms with Crippen LogP contribution in [0.3, 0.4) is 0 Å². The molecule has 4 heterocycles. The minimum atomic E-state index is -0.596. The lowest BCUT2D eigenvalue weighted by molar-refractivity contribution is -0.160. The van der Waals surface area contributed by atoms with Crippen molar-refractivity contribution in [2.45, 2.75) is 77.0 Å². The van der Waals surface area contributed by atoms with Gasteiger partial charge in [0.25, 0.3) is 0 Å². The Morgan fingerprint density at radius 2 is 1.77 bits per heavy atom. The normalized spacial score (nSPS) is 22.7. The number of nitrogens with zero attached hydrogens (tertiary/aromatic N) is 4. The molecular formula is C35H39N5O3. The Labute approximate surface area is 252 Å². The summed E-state index contributed by atoms with van der Waals surface area (Å²) >= 11 is 0. The molecule has 1 aliphatic carbocycles. The van der Waals surface area contributed by atoms with Gasteiger partial charge in [-0.1, -0.05) is 31.2 Å². The van der Waals surface area contributed by atoms with Crippen LogP contribution >= 0.6 is 0 Å². The predicted molar refractivity (Wildman–Crippen MR) is 168 cm³/mol. The molecule has 2 fully saturated rings. The van der Waals surface area contributed by atoms with Gasteiger partial charge in [-0.05, 0) is 93.0 Å². The molecule has 7 rings (SSSR count). The number of aromatic nitrogens is 4. The van der Waals surface area contributed by atoms with Crippen molar-refractivity contribution >= 4 is 27.8 Å². The topological polar surface area (TPSA) is 83.3 Å². The number of pyridine rings is 1. The standard InChI is InChI=1S/C35H39N5O3/c1-5-28-27-16-17-40(34(27)38-21-37-28)30-19-25(32-33(30)43-35(2,3)42-32)11-7-22-6-10-24-12-15-31(39-29(24)18-22)36-20-23-8-13-26(41-4)14-9-23/h6,8-10,12-18,21,25,30,32-33H,5,7,11,19-20H2,1-4H3,(H,36,39)/t25-,30+,32+,33-/m0/s1. The zero-order chi connectivity index (χ0) is 29.6. The second-order valence-corrected chi connectivity index (χ2v) is 12.2. The SMILES string of the molecule is CCc1ncnc2c1ccn2[C@@H]1C[C@H](CCc2ccc3ccc(NCc4ccc(OC)cc4)nc3c2)[C@H]2OC(C)(C)O[C@H]21. The molecule has 1 saturated carbocycles. The van der Waals surface area contributed by atoms with Crippen LogP contribution in [0.1, 0.15) is 56.5 Å². The lowest BCUT2D eigenvalue weighted by atomic mass is 9.95. The fraction of sp³-hybridized carbons (Fsp3) is 0.400. The summed E-state index contributed by atoms with van der Waals surface area (Å²) in [5.41, 5.74) is 5.55. The number of ether oxygens (including phenoxy) is 3. The van der Waals surface area contributed by atoms with Crippen LogP contribution in [0.4, 0.5) is 5.82 Å². The molecule has 43 heavy (non-hydrogen) atoms. The first-order chi connectivity index (χ1) is 20.9. The number of hydrogen-bond donors (Lipinski definition) is 1. The van der Waals surface area contributed by atoms with Gasteiger partial charge in [-0.3, -0.25) is 0 Å². The van der Waals surface area contributed by atoms with Crippen molar-refractivity contribution in [2.24, 2.45) is 5.92 Å². The molecule has 8 nitrogen and oxygen atoms in total. The Morgan fingerprint density at radius 3 is 2.58 bits per heavy atom. The van der Waals surface area contributed by atoms with Gasteiger partial charge in [0.15, 0.2) is 5.79 Å². The number of fused-ring (bicyclic) bond motifs is 3. The Kier molecular flexibility index (Phi) is 7.27. The molecule has 1 N–H and O–H groups in total. The number of aryl methyl sites for hydroxylation is 2. The van der Waals surface area contributed by atoms with Crippen LogP contribution in [0.15, 0.2) is 73.2 Å². The van der Waals surface area contributed by atoms with Gasteiger partial charge >= 0.3 is 0 Å². The van der Waals surface area contributed by atoms with Gasteiger partial charge < -0.3 is 24.1 Å². The average Bonchev–Trinajstić information content (AvgIpc) is 3.69. The monoisotopic (exact) mass is 577 g/mol. The van der Waals surface area contributed by atoms with E-state index in [-0.39, 0.29) is 18.2 Å². The summed E-state index contributed by atoms with van der Waals surface area (Å²) in [7, 11) is 1.68. The number of methoxy groups -OCH3 is 1. The van der Waals surface area contributed by atoms with E-state index in [1.165, 1.54) is 11.1 Å². The van der Waals surface area contributed by atoms with Crippen molar-refractivity contribution in [1.82, 2.24) is 19.5 Å². The molecule has 1 saturated heterocycles. The summed E-state index contributed by atoms with van der Waals surface area (Å²) in [6.45, 7) is 6.90. The summed E-state index contributed by atoms with van der Waals surface area (Å²) < 4.78 is 20.6. The van der Waals surface area contributed by atoms with E-state index in [1.807, 2.05) is 32.0 Å². The van der Waals surface area contributed by atoms with Crippen molar-refractivity contribution < 1.29 is 14.2 Å². The maximum absolute atomic E-state index is 6.53. The smallest absolute Gasteiger partial charge is 0.163 e. The summed E-state index contributed by atoms with van der Waals surface area (Å²) in [6, 6.07) is 21.2. The highest BCUT2D eigenvalue weighted by atomic mass is 16.8. The Morgan fingerprint density at radius 1 is 0.977 bits per heavy atom. The molecule has 222 valence electrons. The van der Waals surface area contributed by atoms with Crippen LogP contribution in [-0.4, -0.2) is 44.6 Å². The summed E-state index contributed by atoms with van der Waals surface area (Å²) in [5.74, 6) is 1.51. The Balaban J connectivity index is 1.07. The number of rotatable bonds is 9. The molecule has 1 aliphatic heterocycles. The molecule has 0 radical (unpaired) electrons. The first-order valence-corrected chi connectivity index (χ1v) is 15.3. The van der Waals surface area contributed by atoms with Gasteiger partial charge in [0.1, 0.15) is 29.6 Å². The third kappa shape index (κ3) is 5.45. The quantitative estimate of drug-likeness (QED) is 0.205. The van der Waals surface area contributed by atoms with Crippen LogP contribution in [0.25, 0.3) is 21.9 Å². The second kappa shape index (κ2) is 11.2. The molecule has 0 bridgehead atoms. The highest BCUT2D eigenvalue weighted by Crippen LogP contribution is 2.49. The first-order valence-electron chi connectivity index (χ1n) is 15.3. The molecule has 5 aromatic rings. The van der Waals surface area contributed by atoms with Crippen LogP contribution in [0.2, 0.25) is 0 Å². The fourth-order valence-corrected chi connectivity index (χ4v) is 6.89. The summed E-state index contributed by atoms with van der Waals surface area (Å²) in [5, 5.41) is 5.73. The van der Waals surface area contributed by atoms with E-state index in [1.54, 1.807) is 13.4 Å². The van der Waals surface area contributed by atoms with E-state index in [0.717, 1.165) is 64.9 Å². The molecule has 2 aromatic carbocycles. The van der Waals surface area contributed by atoms with Crippen molar-refractivity contribution in [2.75, 3.05) is 12.4 Å². The predicted octanol–water partition coefficient (Wildman–Crippen LogP) is 6.88. The van der Waals surface area contributed by atoms with Gasteiger partial charge in [-0.2, -0.15) is 0 Å². The number of hydrogen-bond acceptors (Lipinski definition) is 7. The number of anilines is 1. The van der Waals surface area contributed by atoms with Gasteiger partial charge in [0.05, 0.1) is 30.5 Å². The van der Waals surface area contributed by atoms with E-state index in [0.29, 0.717) is 12.5 Å². The lowest BCUT2D eigenvalue weighted by Gasteiger charge is -2.24. The molecule has 0 amide bonds.